The standard InChI is InChI=1S/C29H27BrN2O4S/c1-4-19-10-12-22(13-11-19)32-28(34)23(27(33)31-29(32)37)14-21-15-25(35-5-2)26(16-24(21)30)36-17-20-8-6-18(3)7-9-20/h6-16H,4-5,17H2,1-3H3,(H,31,33,37)/b23-14+. The van der Waals surface area contributed by atoms with Crippen molar-refractivity contribution in [1.29, 1.82) is 0 Å². The van der Waals surface area contributed by atoms with Crippen molar-refractivity contribution in [2.75, 3.05) is 11.5 Å². The summed E-state index contributed by atoms with van der Waals surface area (Å²) in [6.07, 6.45) is 2.41. The number of halogens is 1. The number of hydrogen-bond donors (Lipinski definition) is 1. The van der Waals surface area contributed by atoms with Gasteiger partial charge >= 0.3 is 0 Å². The van der Waals surface area contributed by atoms with Gasteiger partial charge in [0, 0.05) is 4.47 Å². The minimum absolute atomic E-state index is 0.0374. The Labute approximate surface area is 230 Å². The number of carbonyl (C=O) groups excluding carboxylic acids is 2. The van der Waals surface area contributed by atoms with Crippen molar-refractivity contribution >= 4 is 56.8 Å². The van der Waals surface area contributed by atoms with Gasteiger partial charge < -0.3 is 9.47 Å². The minimum atomic E-state index is -0.555. The summed E-state index contributed by atoms with van der Waals surface area (Å²) in [5.74, 6) is 0.00842. The molecule has 0 unspecified atom stereocenters. The summed E-state index contributed by atoms with van der Waals surface area (Å²) in [5, 5.41) is 2.67. The molecule has 0 saturated carbocycles. The smallest absolute Gasteiger partial charge is 0.270 e. The van der Waals surface area contributed by atoms with E-state index in [2.05, 4.69) is 28.2 Å². The first-order chi connectivity index (χ1) is 17.8. The second-order valence-electron chi connectivity index (χ2n) is 8.51. The highest BCUT2D eigenvalue weighted by Gasteiger charge is 2.34. The summed E-state index contributed by atoms with van der Waals surface area (Å²) >= 11 is 8.88. The number of benzene rings is 3. The van der Waals surface area contributed by atoms with Gasteiger partial charge in [-0.05, 0) is 79.5 Å². The van der Waals surface area contributed by atoms with E-state index in [1.54, 1.807) is 12.1 Å². The molecule has 0 radical (unpaired) electrons. The molecule has 190 valence electrons. The van der Waals surface area contributed by atoms with Crippen LogP contribution in [-0.4, -0.2) is 23.5 Å². The zero-order valence-electron chi connectivity index (χ0n) is 20.8. The van der Waals surface area contributed by atoms with Crippen molar-refractivity contribution < 1.29 is 19.1 Å². The highest BCUT2D eigenvalue weighted by molar-refractivity contribution is 9.10. The van der Waals surface area contributed by atoms with Gasteiger partial charge in [-0.3, -0.25) is 19.8 Å². The van der Waals surface area contributed by atoms with Gasteiger partial charge in [0.15, 0.2) is 16.6 Å². The third-order valence-electron chi connectivity index (χ3n) is 5.88. The molecule has 0 aromatic heterocycles. The van der Waals surface area contributed by atoms with E-state index in [1.165, 1.54) is 16.5 Å². The fourth-order valence-electron chi connectivity index (χ4n) is 3.82. The van der Waals surface area contributed by atoms with Crippen LogP contribution in [0.4, 0.5) is 5.69 Å². The lowest BCUT2D eigenvalue weighted by atomic mass is 10.1. The lowest BCUT2D eigenvalue weighted by Crippen LogP contribution is -2.54. The number of anilines is 1. The molecule has 4 rings (SSSR count). The van der Waals surface area contributed by atoms with Crippen LogP contribution >= 0.6 is 28.1 Å². The van der Waals surface area contributed by atoms with Crippen LogP contribution < -0.4 is 19.7 Å². The highest BCUT2D eigenvalue weighted by Crippen LogP contribution is 2.36. The Hall–Kier alpha value is -3.49. The van der Waals surface area contributed by atoms with E-state index < -0.39 is 11.8 Å². The van der Waals surface area contributed by atoms with Gasteiger partial charge in [0.05, 0.1) is 12.3 Å². The molecule has 1 aliphatic rings. The molecule has 0 spiro atoms. The average Bonchev–Trinajstić information content (AvgIpc) is 2.88. The van der Waals surface area contributed by atoms with Crippen molar-refractivity contribution in [2.24, 2.45) is 0 Å². The first-order valence-electron chi connectivity index (χ1n) is 12.0. The van der Waals surface area contributed by atoms with Crippen LogP contribution in [0.15, 0.2) is 70.7 Å². The lowest BCUT2D eigenvalue weighted by Gasteiger charge is -2.29. The zero-order valence-corrected chi connectivity index (χ0v) is 23.2. The molecule has 37 heavy (non-hydrogen) atoms. The first-order valence-corrected chi connectivity index (χ1v) is 13.2. The van der Waals surface area contributed by atoms with E-state index >= 15 is 0 Å². The Morgan fingerprint density at radius 2 is 1.59 bits per heavy atom. The molecule has 1 heterocycles. The van der Waals surface area contributed by atoms with Crippen LogP contribution in [0.25, 0.3) is 6.08 Å². The quantitative estimate of drug-likeness (QED) is 0.198. The fraction of sp³-hybridized carbons (Fsp3) is 0.207. The van der Waals surface area contributed by atoms with E-state index in [4.69, 9.17) is 21.7 Å². The predicted molar refractivity (Wildman–Crippen MR) is 153 cm³/mol. The Bertz CT molecular complexity index is 1370. The maximum Gasteiger partial charge on any atom is 0.270 e. The van der Waals surface area contributed by atoms with Crippen molar-refractivity contribution in [3.8, 4) is 11.5 Å². The van der Waals surface area contributed by atoms with Gasteiger partial charge in [-0.1, -0.05) is 64.8 Å². The molecule has 0 aliphatic carbocycles. The topological polar surface area (TPSA) is 67.9 Å². The SMILES string of the molecule is CCOc1cc(/C=C2\C(=O)NC(=S)N(c3ccc(CC)cc3)C2=O)c(Br)cc1OCc1ccc(C)cc1. The van der Waals surface area contributed by atoms with Crippen molar-refractivity contribution in [3.05, 3.63) is 93.0 Å². The zero-order chi connectivity index (χ0) is 26.5. The van der Waals surface area contributed by atoms with Crippen LogP contribution in [0.5, 0.6) is 11.5 Å². The molecule has 8 heteroatoms. The molecule has 6 nitrogen and oxygen atoms in total. The number of thiocarbonyl (C=S) groups is 1. The molecular weight excluding hydrogens is 552 g/mol. The summed E-state index contributed by atoms with van der Waals surface area (Å²) in [5.41, 5.74) is 4.49. The van der Waals surface area contributed by atoms with E-state index in [0.717, 1.165) is 17.5 Å². The number of hydrogen-bond acceptors (Lipinski definition) is 5. The van der Waals surface area contributed by atoms with Gasteiger partial charge in [0.25, 0.3) is 11.8 Å². The van der Waals surface area contributed by atoms with E-state index in [0.29, 0.717) is 40.4 Å². The summed E-state index contributed by atoms with van der Waals surface area (Å²) < 4.78 is 12.5. The number of carbonyl (C=O) groups is 2. The van der Waals surface area contributed by atoms with Gasteiger partial charge in [-0.2, -0.15) is 0 Å². The van der Waals surface area contributed by atoms with Crippen LogP contribution in [0, 0.1) is 6.92 Å². The number of nitrogens with one attached hydrogen (secondary N) is 1. The molecule has 0 bridgehead atoms. The summed E-state index contributed by atoms with van der Waals surface area (Å²) in [7, 11) is 0. The van der Waals surface area contributed by atoms with Crippen LogP contribution in [0.3, 0.4) is 0 Å². The highest BCUT2D eigenvalue weighted by atomic mass is 79.9. The molecular formula is C29H27BrN2O4S. The summed E-state index contributed by atoms with van der Waals surface area (Å²) in [4.78, 5) is 27.5. The maximum atomic E-state index is 13.4. The third-order valence-corrected chi connectivity index (χ3v) is 6.85. The van der Waals surface area contributed by atoms with Crippen molar-refractivity contribution in [2.45, 2.75) is 33.8 Å². The molecule has 0 atom stereocenters. The summed E-state index contributed by atoms with van der Waals surface area (Å²) in [6, 6.07) is 19.1. The molecule has 1 fully saturated rings. The second kappa shape index (κ2) is 11.7. The monoisotopic (exact) mass is 578 g/mol. The van der Waals surface area contributed by atoms with Gasteiger partial charge in [0.1, 0.15) is 12.2 Å². The largest absolute Gasteiger partial charge is 0.490 e. The number of ether oxygens (including phenoxy) is 2. The number of amides is 2. The predicted octanol–water partition coefficient (Wildman–Crippen LogP) is 6.13. The lowest BCUT2D eigenvalue weighted by molar-refractivity contribution is -0.122. The Morgan fingerprint density at radius 1 is 0.946 bits per heavy atom. The van der Waals surface area contributed by atoms with Crippen LogP contribution in [-0.2, 0) is 22.6 Å². The van der Waals surface area contributed by atoms with Crippen LogP contribution in [0.1, 0.15) is 36.1 Å². The molecule has 1 saturated heterocycles. The molecule has 2 amide bonds. The van der Waals surface area contributed by atoms with E-state index in [-0.39, 0.29) is 10.7 Å². The first kappa shape index (κ1) is 26.6. The van der Waals surface area contributed by atoms with E-state index in [9.17, 15) is 9.59 Å². The van der Waals surface area contributed by atoms with Crippen molar-refractivity contribution in [1.82, 2.24) is 5.32 Å². The van der Waals surface area contributed by atoms with Gasteiger partial charge in [-0.25, -0.2) is 0 Å². The fourth-order valence-corrected chi connectivity index (χ4v) is 4.53. The summed E-state index contributed by atoms with van der Waals surface area (Å²) in [6.45, 7) is 6.77. The maximum absolute atomic E-state index is 13.4. The van der Waals surface area contributed by atoms with Crippen molar-refractivity contribution in [3.63, 3.8) is 0 Å². The molecule has 1 N–H and O–H groups in total. The van der Waals surface area contributed by atoms with Gasteiger partial charge in [-0.15, -0.1) is 0 Å². The Morgan fingerprint density at radius 3 is 2.24 bits per heavy atom. The van der Waals surface area contributed by atoms with Crippen LogP contribution in [0.2, 0.25) is 0 Å². The Kier molecular flexibility index (Phi) is 8.41. The van der Waals surface area contributed by atoms with Gasteiger partial charge in [0.2, 0.25) is 0 Å². The Balaban J connectivity index is 1.64. The number of rotatable bonds is 8. The normalized spacial score (nSPS) is 14.6. The molecule has 3 aromatic rings. The third kappa shape index (κ3) is 6.09. The van der Waals surface area contributed by atoms with E-state index in [1.807, 2.05) is 62.4 Å². The average molecular weight is 580 g/mol. The number of nitrogens with zero attached hydrogens (tertiary/aromatic N) is 1. The molecule has 3 aromatic carbocycles. The molecule has 1 aliphatic heterocycles. The second-order valence-corrected chi connectivity index (χ2v) is 9.75. The number of aryl methyl sites for hydroxylation is 2. The minimum Gasteiger partial charge on any atom is -0.490 e.